The molecule has 70 heavy (non-hydrogen) atoms. The van der Waals surface area contributed by atoms with Crippen molar-refractivity contribution in [3.05, 3.63) is 289 Å². The minimum atomic E-state index is -0.599. The second kappa shape index (κ2) is 16.1. The molecule has 0 radical (unpaired) electrons. The van der Waals surface area contributed by atoms with Gasteiger partial charge in [-0.15, -0.1) is 0 Å². The molecular weight excluding hydrogens is 847 g/mol. The minimum Gasteiger partial charge on any atom is -0.310 e. The van der Waals surface area contributed by atoms with Crippen LogP contribution in [0.1, 0.15) is 40.7 Å². The molecule has 0 unspecified atom stereocenters. The van der Waals surface area contributed by atoms with Gasteiger partial charge in [0.2, 0.25) is 0 Å². The summed E-state index contributed by atoms with van der Waals surface area (Å²) < 4.78 is 2.40. The van der Waals surface area contributed by atoms with E-state index < -0.39 is 5.41 Å². The molecule has 2 heterocycles. The maximum atomic E-state index is 2.51. The highest BCUT2D eigenvalue weighted by Gasteiger charge is 2.52. The van der Waals surface area contributed by atoms with Crippen molar-refractivity contribution in [1.82, 2.24) is 4.57 Å². The highest BCUT2D eigenvalue weighted by atomic mass is 15.2. The number of para-hydroxylation sites is 6. The van der Waals surface area contributed by atoms with E-state index in [1.165, 1.54) is 88.8 Å². The minimum absolute atomic E-state index is 0.599. The standard InChI is InChI=1S/C67H47N3/c1-3-21-46(22-4-1)51-25-7-8-26-52(51)55-28-10-16-34-62(55)68(48-39-41-49(42-40-48)69-63-35-17-11-29-56(63)57-30-12-18-36-64(57)69)50-43-44-54-53-27-9-13-31-58(53)67(61(54)45-50)59-32-14-19-37-65(59)70(47-23-5-2-6-24-47)66-38-20-15-33-60(66)67/h2-3,5-45H,1,4H2. The normalized spacial score (nSPS) is 14.0. The first kappa shape index (κ1) is 40.2. The lowest BCUT2D eigenvalue weighted by Gasteiger charge is -2.45. The van der Waals surface area contributed by atoms with E-state index in [9.17, 15) is 0 Å². The third-order valence-corrected chi connectivity index (χ3v) is 15.0. The number of fused-ring (bicyclic) bond motifs is 12. The summed E-state index contributed by atoms with van der Waals surface area (Å²) >= 11 is 0. The number of hydrogen-bond donors (Lipinski definition) is 0. The van der Waals surface area contributed by atoms with Crippen molar-refractivity contribution >= 4 is 61.5 Å². The van der Waals surface area contributed by atoms with E-state index >= 15 is 0 Å². The molecule has 10 aromatic carbocycles. The summed E-state index contributed by atoms with van der Waals surface area (Å²) in [5.74, 6) is 0. The molecule has 0 amide bonds. The van der Waals surface area contributed by atoms with Crippen molar-refractivity contribution in [2.24, 2.45) is 0 Å². The first-order chi connectivity index (χ1) is 34.8. The Labute approximate surface area is 408 Å². The van der Waals surface area contributed by atoms with E-state index in [0.717, 1.165) is 41.3 Å². The van der Waals surface area contributed by atoms with Crippen LogP contribution in [0.4, 0.5) is 34.1 Å². The zero-order valence-corrected chi connectivity index (χ0v) is 38.6. The zero-order chi connectivity index (χ0) is 46.2. The summed E-state index contributed by atoms with van der Waals surface area (Å²) in [4.78, 5) is 4.96. The second-order valence-electron chi connectivity index (χ2n) is 18.7. The number of hydrogen-bond acceptors (Lipinski definition) is 2. The molecule has 3 heteroatoms. The van der Waals surface area contributed by atoms with E-state index in [0.29, 0.717) is 0 Å². The van der Waals surface area contributed by atoms with E-state index in [2.05, 4.69) is 275 Å². The molecule has 0 N–H and O–H groups in total. The van der Waals surface area contributed by atoms with Crippen LogP contribution in [0.3, 0.4) is 0 Å². The van der Waals surface area contributed by atoms with Gasteiger partial charge in [-0.25, -0.2) is 0 Å². The van der Waals surface area contributed by atoms with Crippen LogP contribution in [0, 0.1) is 0 Å². The molecule has 0 atom stereocenters. The van der Waals surface area contributed by atoms with E-state index in [1.54, 1.807) is 0 Å². The Balaban J connectivity index is 1.02. The van der Waals surface area contributed by atoms with Crippen LogP contribution in [0.15, 0.2) is 261 Å². The maximum absolute atomic E-state index is 2.51. The second-order valence-corrected chi connectivity index (χ2v) is 18.7. The van der Waals surface area contributed by atoms with Crippen LogP contribution >= 0.6 is 0 Å². The Morgan fingerprint density at radius 2 is 0.914 bits per heavy atom. The summed E-state index contributed by atoms with van der Waals surface area (Å²) in [6.07, 6.45) is 9.11. The molecule has 2 aliphatic carbocycles. The molecule has 14 rings (SSSR count). The Bertz CT molecular complexity index is 3810. The van der Waals surface area contributed by atoms with Gasteiger partial charge in [-0.05, 0) is 142 Å². The summed E-state index contributed by atoms with van der Waals surface area (Å²) in [5, 5.41) is 2.51. The summed E-state index contributed by atoms with van der Waals surface area (Å²) in [6.45, 7) is 0. The molecule has 1 aromatic heterocycles. The van der Waals surface area contributed by atoms with Crippen LogP contribution in [-0.2, 0) is 5.41 Å². The van der Waals surface area contributed by atoms with Crippen LogP contribution < -0.4 is 9.80 Å². The highest BCUT2D eigenvalue weighted by Crippen LogP contribution is 2.64. The Morgan fingerprint density at radius 1 is 0.371 bits per heavy atom. The van der Waals surface area contributed by atoms with Crippen molar-refractivity contribution in [3.63, 3.8) is 0 Å². The average molecular weight is 894 g/mol. The monoisotopic (exact) mass is 893 g/mol. The van der Waals surface area contributed by atoms with E-state index in [4.69, 9.17) is 0 Å². The number of aromatic nitrogens is 1. The molecule has 0 fully saturated rings. The average Bonchev–Trinajstić information content (AvgIpc) is 3.93. The topological polar surface area (TPSA) is 11.4 Å². The Morgan fingerprint density at radius 3 is 1.60 bits per heavy atom. The van der Waals surface area contributed by atoms with Crippen LogP contribution in [0.5, 0.6) is 0 Å². The summed E-state index contributed by atoms with van der Waals surface area (Å²) in [6, 6.07) is 90.0. The van der Waals surface area contributed by atoms with Crippen LogP contribution in [-0.4, -0.2) is 4.57 Å². The predicted molar refractivity (Wildman–Crippen MR) is 293 cm³/mol. The molecule has 3 nitrogen and oxygen atoms in total. The Kier molecular flexibility index (Phi) is 9.25. The fourth-order valence-corrected chi connectivity index (χ4v) is 12.1. The summed E-state index contributed by atoms with van der Waals surface area (Å²) in [5.41, 5.74) is 22.3. The van der Waals surface area contributed by atoms with Crippen molar-refractivity contribution in [3.8, 4) is 27.9 Å². The first-order valence-corrected chi connectivity index (χ1v) is 24.5. The van der Waals surface area contributed by atoms with Gasteiger partial charge in [-0.3, -0.25) is 0 Å². The van der Waals surface area contributed by atoms with Crippen molar-refractivity contribution in [2.75, 3.05) is 9.80 Å². The predicted octanol–water partition coefficient (Wildman–Crippen LogP) is 17.8. The van der Waals surface area contributed by atoms with Gasteiger partial charge < -0.3 is 14.4 Å². The SMILES string of the molecule is C1=CC(c2ccccc2-c2ccccc2N(c2ccc(-n3c4ccccc4c4ccccc43)cc2)c2ccc3c(c2)C2(c4ccccc4-3)c3ccccc3N(c3ccccc3)c3ccccc32)=CCC1. The number of rotatable bonds is 7. The van der Waals surface area contributed by atoms with Crippen LogP contribution in [0.2, 0.25) is 0 Å². The molecule has 1 aliphatic heterocycles. The lowest BCUT2D eigenvalue weighted by Crippen LogP contribution is -2.36. The smallest absolute Gasteiger partial charge is 0.0755 e. The van der Waals surface area contributed by atoms with E-state index in [-0.39, 0.29) is 0 Å². The van der Waals surface area contributed by atoms with Gasteiger partial charge in [0.1, 0.15) is 0 Å². The lowest BCUT2D eigenvalue weighted by molar-refractivity contribution is 0.752. The summed E-state index contributed by atoms with van der Waals surface area (Å²) in [7, 11) is 0. The third kappa shape index (κ3) is 5.95. The van der Waals surface area contributed by atoms with Gasteiger partial charge in [-0.2, -0.15) is 0 Å². The molecule has 11 aromatic rings. The Hall–Kier alpha value is -8.92. The molecule has 0 bridgehead atoms. The van der Waals surface area contributed by atoms with Gasteiger partial charge in [0.15, 0.2) is 0 Å². The fourth-order valence-electron chi connectivity index (χ4n) is 12.1. The molecular formula is C67H47N3. The van der Waals surface area contributed by atoms with Crippen molar-refractivity contribution in [1.29, 1.82) is 0 Å². The highest BCUT2D eigenvalue weighted by molar-refractivity contribution is 6.09. The fraction of sp³-hybridized carbons (Fsp3) is 0.0448. The molecule has 0 saturated carbocycles. The van der Waals surface area contributed by atoms with Gasteiger partial charge >= 0.3 is 0 Å². The molecule has 330 valence electrons. The van der Waals surface area contributed by atoms with Crippen molar-refractivity contribution in [2.45, 2.75) is 18.3 Å². The largest absolute Gasteiger partial charge is 0.310 e. The molecule has 0 saturated heterocycles. The number of allylic oxidation sites excluding steroid dienone is 4. The van der Waals surface area contributed by atoms with Gasteiger partial charge in [0, 0.05) is 39.1 Å². The zero-order valence-electron chi connectivity index (χ0n) is 38.6. The van der Waals surface area contributed by atoms with Gasteiger partial charge in [-0.1, -0.05) is 182 Å². The number of nitrogens with zero attached hydrogens (tertiary/aromatic N) is 3. The van der Waals surface area contributed by atoms with Gasteiger partial charge in [0.05, 0.1) is 33.5 Å². The quantitative estimate of drug-likeness (QED) is 0.158. The van der Waals surface area contributed by atoms with Crippen molar-refractivity contribution < 1.29 is 0 Å². The third-order valence-electron chi connectivity index (χ3n) is 15.0. The lowest BCUT2D eigenvalue weighted by atomic mass is 9.64. The van der Waals surface area contributed by atoms with E-state index in [1.807, 2.05) is 0 Å². The maximum Gasteiger partial charge on any atom is 0.0755 e. The number of anilines is 6. The molecule has 3 aliphatic rings. The molecule has 1 spiro atoms. The first-order valence-electron chi connectivity index (χ1n) is 24.5. The van der Waals surface area contributed by atoms with Gasteiger partial charge in [0.25, 0.3) is 0 Å². The number of benzene rings is 10. The van der Waals surface area contributed by atoms with Crippen LogP contribution in [0.25, 0.3) is 55.3 Å².